The summed E-state index contributed by atoms with van der Waals surface area (Å²) in [7, 11) is 0. The normalized spacial score (nSPS) is 10.2. The van der Waals surface area contributed by atoms with Gasteiger partial charge in [0.05, 0.1) is 24.8 Å². The molecule has 102 valence electrons. The minimum atomic E-state index is 0.560. The summed E-state index contributed by atoms with van der Waals surface area (Å²) in [5.41, 5.74) is 10.7. The molecule has 3 nitrogen and oxygen atoms in total. The van der Waals surface area contributed by atoms with Gasteiger partial charge in [0.25, 0.3) is 0 Å². The number of nitrogen functional groups attached to an aromatic ring is 1. The van der Waals surface area contributed by atoms with E-state index in [1.807, 2.05) is 49.4 Å². The molecule has 0 aliphatic heterocycles. The van der Waals surface area contributed by atoms with Gasteiger partial charge >= 0.3 is 0 Å². The van der Waals surface area contributed by atoms with Crippen LogP contribution in [0, 0.1) is 18.3 Å². The smallest absolute Gasteiger partial charge is 0.0991 e. The standard InChI is InChI=1S/C17H18N2O/c1-13-10-14(11-18)6-7-16(13)12-20-9-8-15-4-2-3-5-17(15)19/h2-7,10H,8-9,12,19H2,1H3. The predicted molar refractivity (Wildman–Crippen MR) is 80.1 cm³/mol. The average molecular weight is 266 g/mol. The number of para-hydroxylation sites is 1. The zero-order valence-electron chi connectivity index (χ0n) is 11.6. The minimum Gasteiger partial charge on any atom is -0.399 e. The Balaban J connectivity index is 1.85. The molecule has 2 aromatic carbocycles. The van der Waals surface area contributed by atoms with Gasteiger partial charge < -0.3 is 10.5 Å². The van der Waals surface area contributed by atoms with Crippen LogP contribution < -0.4 is 5.73 Å². The van der Waals surface area contributed by atoms with Gasteiger partial charge in [-0.25, -0.2) is 0 Å². The number of hydrogen-bond acceptors (Lipinski definition) is 3. The molecule has 2 N–H and O–H groups in total. The Kier molecular flexibility index (Phi) is 4.75. The van der Waals surface area contributed by atoms with E-state index < -0.39 is 0 Å². The van der Waals surface area contributed by atoms with Gasteiger partial charge in [-0.15, -0.1) is 0 Å². The summed E-state index contributed by atoms with van der Waals surface area (Å²) in [6, 6.07) is 15.6. The fourth-order valence-electron chi connectivity index (χ4n) is 2.05. The van der Waals surface area contributed by atoms with E-state index in [1.165, 1.54) is 0 Å². The highest BCUT2D eigenvalue weighted by Gasteiger charge is 2.01. The van der Waals surface area contributed by atoms with Crippen LogP contribution in [0.15, 0.2) is 42.5 Å². The lowest BCUT2D eigenvalue weighted by Crippen LogP contribution is -2.02. The molecule has 0 atom stereocenters. The lowest BCUT2D eigenvalue weighted by Gasteiger charge is -2.09. The average Bonchev–Trinajstić information content (AvgIpc) is 2.46. The van der Waals surface area contributed by atoms with Crippen molar-refractivity contribution < 1.29 is 4.74 Å². The highest BCUT2D eigenvalue weighted by molar-refractivity contribution is 5.46. The van der Waals surface area contributed by atoms with Gasteiger partial charge in [0, 0.05) is 5.69 Å². The van der Waals surface area contributed by atoms with Gasteiger partial charge in [0.1, 0.15) is 0 Å². The van der Waals surface area contributed by atoms with Crippen LogP contribution in [0.5, 0.6) is 0 Å². The van der Waals surface area contributed by atoms with E-state index in [9.17, 15) is 0 Å². The Morgan fingerprint density at radius 3 is 2.65 bits per heavy atom. The molecule has 0 unspecified atom stereocenters. The van der Waals surface area contributed by atoms with E-state index in [0.29, 0.717) is 18.8 Å². The van der Waals surface area contributed by atoms with Gasteiger partial charge in [0.2, 0.25) is 0 Å². The van der Waals surface area contributed by atoms with Gasteiger partial charge in [-0.2, -0.15) is 5.26 Å². The monoisotopic (exact) mass is 266 g/mol. The first-order valence-corrected chi connectivity index (χ1v) is 6.61. The fraction of sp³-hybridized carbons (Fsp3) is 0.235. The van der Waals surface area contributed by atoms with Crippen LogP contribution in [0.25, 0.3) is 0 Å². The number of rotatable bonds is 5. The molecular formula is C17H18N2O. The molecular weight excluding hydrogens is 248 g/mol. The lowest BCUT2D eigenvalue weighted by molar-refractivity contribution is 0.123. The molecule has 2 aromatic rings. The van der Waals surface area contributed by atoms with Crippen LogP contribution in [-0.2, 0) is 17.8 Å². The molecule has 0 heterocycles. The predicted octanol–water partition coefficient (Wildman–Crippen LogP) is 3.21. The van der Waals surface area contributed by atoms with E-state index in [1.54, 1.807) is 0 Å². The second kappa shape index (κ2) is 6.74. The Bertz CT molecular complexity index is 629. The van der Waals surface area contributed by atoms with Crippen LogP contribution in [-0.4, -0.2) is 6.61 Å². The molecule has 20 heavy (non-hydrogen) atoms. The van der Waals surface area contributed by atoms with Crippen molar-refractivity contribution in [3.05, 3.63) is 64.7 Å². The van der Waals surface area contributed by atoms with E-state index in [-0.39, 0.29) is 0 Å². The number of benzene rings is 2. The van der Waals surface area contributed by atoms with Crippen LogP contribution in [0.2, 0.25) is 0 Å². The molecule has 0 bridgehead atoms. The Labute approximate surface area is 119 Å². The number of aryl methyl sites for hydroxylation is 1. The van der Waals surface area contributed by atoms with Crippen molar-refractivity contribution in [2.45, 2.75) is 20.0 Å². The third kappa shape index (κ3) is 3.59. The first kappa shape index (κ1) is 14.1. The van der Waals surface area contributed by atoms with Crippen molar-refractivity contribution in [3.63, 3.8) is 0 Å². The summed E-state index contributed by atoms with van der Waals surface area (Å²) >= 11 is 0. The molecule has 0 spiro atoms. The first-order chi connectivity index (χ1) is 9.70. The van der Waals surface area contributed by atoms with Crippen molar-refractivity contribution in [2.24, 2.45) is 0 Å². The summed E-state index contributed by atoms with van der Waals surface area (Å²) in [6.07, 6.45) is 0.808. The van der Waals surface area contributed by atoms with Crippen molar-refractivity contribution in [2.75, 3.05) is 12.3 Å². The second-order valence-electron chi connectivity index (χ2n) is 4.75. The maximum atomic E-state index is 8.83. The van der Waals surface area contributed by atoms with Crippen molar-refractivity contribution in [1.82, 2.24) is 0 Å². The third-order valence-electron chi connectivity index (χ3n) is 3.30. The Morgan fingerprint density at radius 2 is 1.95 bits per heavy atom. The van der Waals surface area contributed by atoms with Crippen LogP contribution in [0.3, 0.4) is 0 Å². The molecule has 0 amide bonds. The molecule has 0 aromatic heterocycles. The number of anilines is 1. The fourth-order valence-corrected chi connectivity index (χ4v) is 2.05. The summed E-state index contributed by atoms with van der Waals surface area (Å²) in [6.45, 7) is 3.19. The SMILES string of the molecule is Cc1cc(C#N)ccc1COCCc1ccccc1N. The quantitative estimate of drug-likeness (QED) is 0.667. The summed E-state index contributed by atoms with van der Waals surface area (Å²) in [4.78, 5) is 0. The molecule has 0 radical (unpaired) electrons. The molecule has 2 rings (SSSR count). The van der Waals surface area contributed by atoms with Crippen LogP contribution in [0.4, 0.5) is 5.69 Å². The van der Waals surface area contributed by atoms with Gasteiger partial charge in [0.15, 0.2) is 0 Å². The number of nitrogens with zero attached hydrogens (tertiary/aromatic N) is 1. The number of nitrogens with two attached hydrogens (primary N) is 1. The van der Waals surface area contributed by atoms with E-state index in [4.69, 9.17) is 15.7 Å². The number of hydrogen-bond donors (Lipinski definition) is 1. The summed E-state index contributed by atoms with van der Waals surface area (Å²) in [5.74, 6) is 0. The molecule has 0 aliphatic carbocycles. The molecule has 3 heteroatoms. The first-order valence-electron chi connectivity index (χ1n) is 6.61. The minimum absolute atomic E-state index is 0.560. The van der Waals surface area contributed by atoms with Crippen molar-refractivity contribution >= 4 is 5.69 Å². The lowest BCUT2D eigenvalue weighted by atomic mass is 10.1. The van der Waals surface area contributed by atoms with E-state index in [0.717, 1.165) is 28.8 Å². The zero-order chi connectivity index (χ0) is 14.4. The van der Waals surface area contributed by atoms with Crippen molar-refractivity contribution in [3.8, 4) is 6.07 Å². The summed E-state index contributed by atoms with van der Waals surface area (Å²) in [5, 5.41) is 8.83. The van der Waals surface area contributed by atoms with Gasteiger partial charge in [-0.05, 0) is 48.2 Å². The van der Waals surface area contributed by atoms with Gasteiger partial charge in [-0.1, -0.05) is 24.3 Å². The third-order valence-corrected chi connectivity index (χ3v) is 3.30. The Hall–Kier alpha value is -2.31. The molecule has 0 aliphatic rings. The molecule has 0 fully saturated rings. The topological polar surface area (TPSA) is 59.0 Å². The van der Waals surface area contributed by atoms with Gasteiger partial charge in [-0.3, -0.25) is 0 Å². The molecule has 0 saturated heterocycles. The van der Waals surface area contributed by atoms with Crippen LogP contribution >= 0.6 is 0 Å². The largest absolute Gasteiger partial charge is 0.399 e. The highest BCUT2D eigenvalue weighted by atomic mass is 16.5. The van der Waals surface area contributed by atoms with E-state index in [2.05, 4.69) is 6.07 Å². The molecule has 0 saturated carbocycles. The number of ether oxygens (including phenoxy) is 1. The summed E-state index contributed by atoms with van der Waals surface area (Å²) < 4.78 is 5.69. The Morgan fingerprint density at radius 1 is 1.15 bits per heavy atom. The number of nitriles is 1. The maximum Gasteiger partial charge on any atom is 0.0991 e. The maximum absolute atomic E-state index is 8.83. The second-order valence-corrected chi connectivity index (χ2v) is 4.75. The van der Waals surface area contributed by atoms with Crippen molar-refractivity contribution in [1.29, 1.82) is 5.26 Å². The van der Waals surface area contributed by atoms with E-state index >= 15 is 0 Å². The van der Waals surface area contributed by atoms with Crippen LogP contribution in [0.1, 0.15) is 22.3 Å². The highest BCUT2D eigenvalue weighted by Crippen LogP contribution is 2.14. The zero-order valence-corrected chi connectivity index (χ0v) is 11.6.